The summed E-state index contributed by atoms with van der Waals surface area (Å²) in [5.41, 5.74) is 2.22. The fourth-order valence-electron chi connectivity index (χ4n) is 3.82. The van der Waals surface area contributed by atoms with Gasteiger partial charge in [0.2, 0.25) is 15.9 Å². The van der Waals surface area contributed by atoms with Crippen molar-refractivity contribution in [1.29, 1.82) is 0 Å². The van der Waals surface area contributed by atoms with E-state index in [1.807, 2.05) is 24.3 Å². The van der Waals surface area contributed by atoms with Crippen LogP contribution in [0.15, 0.2) is 53.4 Å². The van der Waals surface area contributed by atoms with Crippen molar-refractivity contribution >= 4 is 27.5 Å². The van der Waals surface area contributed by atoms with E-state index in [0.29, 0.717) is 11.3 Å². The lowest BCUT2D eigenvalue weighted by Crippen LogP contribution is -2.49. The number of ether oxygens (including phenoxy) is 1. The molecule has 0 spiro atoms. The van der Waals surface area contributed by atoms with Crippen molar-refractivity contribution in [1.82, 2.24) is 14.5 Å². The molecule has 2 N–H and O–H groups in total. The molecule has 0 aromatic heterocycles. The monoisotopic (exact) mass is 472 g/mol. The van der Waals surface area contributed by atoms with Gasteiger partial charge in [0.15, 0.2) is 0 Å². The number of anilines is 1. The number of hydrogen-bond donors (Lipinski definition) is 2. The summed E-state index contributed by atoms with van der Waals surface area (Å²) in [5, 5.41) is 5.44. The lowest BCUT2D eigenvalue weighted by atomic mass is 10.1. The molecule has 2 fully saturated rings. The number of carbonyl (C=O) groups is 2. The number of nitrogens with zero attached hydrogens (tertiary/aromatic N) is 2. The predicted molar refractivity (Wildman–Crippen MR) is 124 cm³/mol. The van der Waals surface area contributed by atoms with E-state index >= 15 is 0 Å². The van der Waals surface area contributed by atoms with Gasteiger partial charge in [-0.1, -0.05) is 12.1 Å². The number of rotatable bonds is 7. The molecule has 0 radical (unpaired) electrons. The second kappa shape index (κ2) is 10.4. The van der Waals surface area contributed by atoms with E-state index in [-0.39, 0.29) is 36.3 Å². The van der Waals surface area contributed by atoms with Crippen molar-refractivity contribution in [3.8, 4) is 0 Å². The van der Waals surface area contributed by atoms with Crippen molar-refractivity contribution in [2.75, 3.05) is 57.8 Å². The minimum absolute atomic E-state index is 0.0540. The first kappa shape index (κ1) is 23.4. The van der Waals surface area contributed by atoms with E-state index in [2.05, 4.69) is 15.5 Å². The number of sulfonamides is 1. The summed E-state index contributed by atoms with van der Waals surface area (Å²) < 4.78 is 32.0. The number of amides is 2. The summed E-state index contributed by atoms with van der Waals surface area (Å²) in [4.78, 5) is 26.5. The third-order valence-corrected chi connectivity index (χ3v) is 7.65. The van der Waals surface area contributed by atoms with Crippen molar-refractivity contribution in [3.05, 3.63) is 59.7 Å². The summed E-state index contributed by atoms with van der Waals surface area (Å²) in [6.07, 6.45) is 0.933. The van der Waals surface area contributed by atoms with E-state index in [1.165, 1.54) is 29.8 Å². The Morgan fingerprint density at radius 3 is 2.36 bits per heavy atom. The van der Waals surface area contributed by atoms with Crippen LogP contribution in [-0.4, -0.2) is 81.9 Å². The van der Waals surface area contributed by atoms with Gasteiger partial charge >= 0.3 is 0 Å². The fraction of sp³-hybridized carbons (Fsp3) is 0.391. The maximum Gasteiger partial charge on any atom is 0.255 e. The van der Waals surface area contributed by atoms with Crippen LogP contribution in [0.3, 0.4) is 0 Å². The van der Waals surface area contributed by atoms with Gasteiger partial charge in [-0.05, 0) is 48.4 Å². The van der Waals surface area contributed by atoms with Crippen LogP contribution in [0.1, 0.15) is 15.9 Å². The van der Waals surface area contributed by atoms with Crippen molar-refractivity contribution in [3.63, 3.8) is 0 Å². The van der Waals surface area contributed by atoms with Crippen LogP contribution < -0.4 is 10.6 Å². The highest BCUT2D eigenvalue weighted by Crippen LogP contribution is 2.18. The summed E-state index contributed by atoms with van der Waals surface area (Å²) in [5.74, 6) is -0.648. The van der Waals surface area contributed by atoms with Gasteiger partial charge in [0.1, 0.15) is 0 Å². The zero-order valence-electron chi connectivity index (χ0n) is 18.3. The molecule has 2 aliphatic rings. The van der Waals surface area contributed by atoms with Crippen molar-refractivity contribution < 1.29 is 22.7 Å². The number of carbonyl (C=O) groups excluding carboxylic acids is 2. The quantitative estimate of drug-likeness (QED) is 0.621. The van der Waals surface area contributed by atoms with Crippen LogP contribution in [0.5, 0.6) is 0 Å². The number of nitrogens with one attached hydrogen (secondary N) is 2. The molecular formula is C23H28N4O5S. The van der Waals surface area contributed by atoms with Crippen LogP contribution in [0.4, 0.5) is 5.69 Å². The SMILES string of the molecule is O=C1CN(S(=O)(=O)c2ccc(C(=O)Nc3ccc(CCN4CCOCC4)cc3)cc2)CCN1. The average Bonchev–Trinajstić information content (AvgIpc) is 2.84. The van der Waals surface area contributed by atoms with E-state index in [1.54, 1.807) is 0 Å². The molecule has 9 nitrogen and oxygen atoms in total. The van der Waals surface area contributed by atoms with Crippen molar-refractivity contribution in [2.45, 2.75) is 11.3 Å². The van der Waals surface area contributed by atoms with Crippen LogP contribution in [0.25, 0.3) is 0 Å². The smallest absolute Gasteiger partial charge is 0.255 e. The fourth-order valence-corrected chi connectivity index (χ4v) is 5.21. The highest BCUT2D eigenvalue weighted by atomic mass is 32.2. The Bertz CT molecular complexity index is 1080. The second-order valence-electron chi connectivity index (χ2n) is 8.07. The van der Waals surface area contributed by atoms with Crippen LogP contribution in [0, 0.1) is 0 Å². The Kier molecular flexibility index (Phi) is 7.39. The maximum atomic E-state index is 12.7. The molecule has 2 aromatic carbocycles. The Balaban J connectivity index is 1.33. The molecule has 0 aliphatic carbocycles. The highest BCUT2D eigenvalue weighted by Gasteiger charge is 2.29. The summed E-state index contributed by atoms with van der Waals surface area (Å²) in [7, 11) is -3.78. The van der Waals surface area contributed by atoms with Crippen molar-refractivity contribution in [2.24, 2.45) is 0 Å². The molecule has 2 saturated heterocycles. The van der Waals surface area contributed by atoms with E-state index < -0.39 is 10.0 Å². The molecule has 0 bridgehead atoms. The summed E-state index contributed by atoms with van der Waals surface area (Å²) >= 11 is 0. The van der Waals surface area contributed by atoms with Gasteiger partial charge in [-0.25, -0.2) is 8.42 Å². The maximum absolute atomic E-state index is 12.7. The molecule has 0 saturated carbocycles. The summed E-state index contributed by atoms with van der Waals surface area (Å²) in [6, 6.07) is 13.5. The predicted octanol–water partition coefficient (Wildman–Crippen LogP) is 0.934. The Morgan fingerprint density at radius 1 is 1.00 bits per heavy atom. The average molecular weight is 473 g/mol. The number of morpholine rings is 1. The van der Waals surface area contributed by atoms with Crippen LogP contribution in [0.2, 0.25) is 0 Å². The van der Waals surface area contributed by atoms with Gasteiger partial charge in [-0.3, -0.25) is 14.5 Å². The third kappa shape index (κ3) is 5.97. The van der Waals surface area contributed by atoms with Gasteiger partial charge in [0, 0.05) is 44.0 Å². The van der Waals surface area contributed by atoms with Crippen LogP contribution >= 0.6 is 0 Å². The third-order valence-electron chi connectivity index (χ3n) is 5.79. The highest BCUT2D eigenvalue weighted by molar-refractivity contribution is 7.89. The zero-order valence-corrected chi connectivity index (χ0v) is 19.1. The normalized spacial score (nSPS) is 18.0. The summed E-state index contributed by atoms with van der Waals surface area (Å²) in [6.45, 7) is 4.77. The lowest BCUT2D eigenvalue weighted by Gasteiger charge is -2.26. The minimum Gasteiger partial charge on any atom is -0.379 e. The van der Waals surface area contributed by atoms with Gasteiger partial charge in [0.25, 0.3) is 5.91 Å². The molecule has 0 atom stereocenters. The van der Waals surface area contributed by atoms with Crippen LogP contribution in [-0.2, 0) is 26.0 Å². The minimum atomic E-state index is -3.78. The second-order valence-corrected chi connectivity index (χ2v) is 10.0. The van der Waals surface area contributed by atoms with Gasteiger partial charge < -0.3 is 15.4 Å². The largest absolute Gasteiger partial charge is 0.379 e. The zero-order chi connectivity index (χ0) is 23.3. The molecule has 176 valence electrons. The Morgan fingerprint density at radius 2 is 1.70 bits per heavy atom. The lowest BCUT2D eigenvalue weighted by molar-refractivity contribution is -0.122. The first-order chi connectivity index (χ1) is 15.9. The molecule has 10 heteroatoms. The molecular weight excluding hydrogens is 444 g/mol. The van der Waals surface area contributed by atoms with E-state index in [0.717, 1.165) is 43.6 Å². The Labute approximate surface area is 193 Å². The number of hydrogen-bond acceptors (Lipinski definition) is 6. The number of benzene rings is 2. The molecule has 2 amide bonds. The molecule has 2 aliphatic heterocycles. The molecule has 33 heavy (non-hydrogen) atoms. The molecule has 0 unspecified atom stereocenters. The molecule has 4 rings (SSSR count). The van der Waals surface area contributed by atoms with Gasteiger partial charge in [-0.15, -0.1) is 0 Å². The van der Waals surface area contributed by atoms with Gasteiger partial charge in [0.05, 0.1) is 24.7 Å². The van der Waals surface area contributed by atoms with Gasteiger partial charge in [-0.2, -0.15) is 4.31 Å². The Hall–Kier alpha value is -2.79. The topological polar surface area (TPSA) is 108 Å². The van der Waals surface area contributed by atoms with E-state index in [9.17, 15) is 18.0 Å². The first-order valence-corrected chi connectivity index (χ1v) is 12.4. The first-order valence-electron chi connectivity index (χ1n) is 11.0. The van der Waals surface area contributed by atoms with E-state index in [4.69, 9.17) is 4.74 Å². The standard InChI is InChI=1S/C23H28N4O5S/c28-22-17-27(12-10-24-22)33(30,31)21-7-3-19(4-8-21)23(29)25-20-5-1-18(2-6-20)9-11-26-13-15-32-16-14-26/h1-8H,9-17H2,(H,24,28)(H,25,29). The molecule has 2 aromatic rings. The molecule has 2 heterocycles. The number of piperazine rings is 1.